The molecule has 0 saturated heterocycles. The van der Waals surface area contributed by atoms with Crippen molar-refractivity contribution in [2.24, 2.45) is 5.73 Å². The van der Waals surface area contributed by atoms with Crippen LogP contribution in [0.3, 0.4) is 0 Å². The van der Waals surface area contributed by atoms with E-state index in [-0.39, 0.29) is 0 Å². The van der Waals surface area contributed by atoms with Crippen molar-refractivity contribution in [3.05, 3.63) is 52.2 Å². The number of aryl methyl sites for hydroxylation is 1. The molecule has 0 aliphatic rings. The van der Waals surface area contributed by atoms with Crippen LogP contribution in [0.25, 0.3) is 5.57 Å². The van der Waals surface area contributed by atoms with Crippen molar-refractivity contribution in [1.82, 2.24) is 0 Å². The maximum absolute atomic E-state index is 7.76. The summed E-state index contributed by atoms with van der Waals surface area (Å²) in [6.07, 6.45) is 2.29. The van der Waals surface area contributed by atoms with Gasteiger partial charge in [0.2, 0.25) is 0 Å². The second-order valence-corrected chi connectivity index (χ2v) is 6.14. The molecule has 21 heavy (non-hydrogen) atoms. The molecule has 0 fully saturated rings. The lowest BCUT2D eigenvalue weighted by Crippen LogP contribution is -2.02. The van der Waals surface area contributed by atoms with Crippen molar-refractivity contribution in [2.45, 2.75) is 53.9 Å². The molecule has 0 unspecified atom stereocenters. The predicted octanol–water partition coefficient (Wildman–Crippen LogP) is 5.18. The van der Waals surface area contributed by atoms with E-state index < -0.39 is 0 Å². The summed E-state index contributed by atoms with van der Waals surface area (Å²) in [6, 6.07) is 6.66. The second kappa shape index (κ2) is 7.26. The zero-order valence-electron chi connectivity index (χ0n) is 14.2. The Balaban J connectivity index is 3.26. The first-order chi connectivity index (χ1) is 9.77. The van der Waals surface area contributed by atoms with E-state index in [0.29, 0.717) is 11.6 Å². The van der Waals surface area contributed by atoms with Crippen LogP contribution in [0.15, 0.2) is 35.5 Å². The summed E-state index contributed by atoms with van der Waals surface area (Å²) in [7, 11) is 0. The quantitative estimate of drug-likeness (QED) is 0.719. The van der Waals surface area contributed by atoms with Crippen LogP contribution in [0.5, 0.6) is 0 Å². The summed E-state index contributed by atoms with van der Waals surface area (Å²) in [6.45, 7) is 12.7. The monoisotopic (exact) mass is 284 g/mol. The first-order valence-electron chi connectivity index (χ1n) is 7.51. The third-order valence-electron chi connectivity index (χ3n) is 4.01. The Morgan fingerprint density at radius 2 is 1.86 bits per heavy atom. The summed E-state index contributed by atoms with van der Waals surface area (Å²) >= 11 is 0. The van der Waals surface area contributed by atoms with Gasteiger partial charge < -0.3 is 11.1 Å². The molecule has 0 atom stereocenters. The summed E-state index contributed by atoms with van der Waals surface area (Å²) < 4.78 is 0. The molecule has 0 bridgehead atoms. The number of nitrogens with one attached hydrogen (secondary N) is 1. The summed E-state index contributed by atoms with van der Waals surface area (Å²) in [4.78, 5) is 0. The van der Waals surface area contributed by atoms with E-state index in [9.17, 15) is 0 Å². The highest BCUT2D eigenvalue weighted by Crippen LogP contribution is 2.30. The minimum atomic E-state index is 0.497. The molecule has 1 aromatic carbocycles. The van der Waals surface area contributed by atoms with Crippen molar-refractivity contribution >= 4 is 11.3 Å². The van der Waals surface area contributed by atoms with Crippen molar-refractivity contribution in [2.75, 3.05) is 0 Å². The summed E-state index contributed by atoms with van der Waals surface area (Å²) in [5.41, 5.74) is 13.6. The topological polar surface area (TPSA) is 49.9 Å². The van der Waals surface area contributed by atoms with E-state index in [0.717, 1.165) is 12.0 Å². The number of allylic oxidation sites excluding steroid dienone is 3. The molecule has 0 radical (unpaired) electrons. The smallest absolute Gasteiger partial charge is 0.0332 e. The number of benzene rings is 1. The Bertz CT molecular complexity index is 590. The normalized spacial score (nSPS) is 13.4. The standard InChI is InChI=1S/C19H28N2/c1-12(2)19-9-13(3)7-8-18(19)15(5)14(4)10-17(11-20)16(6)21/h7-9,11-12,21H,10,20H2,1-6H3/b15-14-,17-11-,21-16?. The number of hydrogen-bond acceptors (Lipinski definition) is 2. The fourth-order valence-electron chi connectivity index (χ4n) is 2.47. The average Bonchev–Trinajstić information content (AvgIpc) is 2.43. The lowest BCUT2D eigenvalue weighted by molar-refractivity contribution is 0.860. The first kappa shape index (κ1) is 17.2. The third kappa shape index (κ3) is 4.32. The Labute approximate surface area is 129 Å². The van der Waals surface area contributed by atoms with E-state index >= 15 is 0 Å². The van der Waals surface area contributed by atoms with Gasteiger partial charge in [-0.1, -0.05) is 43.2 Å². The molecule has 2 nitrogen and oxygen atoms in total. The SMILES string of the molecule is CC(=N)/C(=C\N)C/C(C)=C(/C)c1ccc(C)cc1C(C)C. The van der Waals surface area contributed by atoms with Gasteiger partial charge in [-0.05, 0) is 68.5 Å². The van der Waals surface area contributed by atoms with Crippen LogP contribution in [-0.4, -0.2) is 5.71 Å². The average molecular weight is 284 g/mol. The molecule has 1 aromatic rings. The van der Waals surface area contributed by atoms with E-state index in [4.69, 9.17) is 11.1 Å². The van der Waals surface area contributed by atoms with Crippen molar-refractivity contribution in [1.29, 1.82) is 5.41 Å². The van der Waals surface area contributed by atoms with Crippen LogP contribution in [0.4, 0.5) is 0 Å². The van der Waals surface area contributed by atoms with Gasteiger partial charge in [0, 0.05) is 5.71 Å². The lowest BCUT2D eigenvalue weighted by Gasteiger charge is -2.17. The fourth-order valence-corrected chi connectivity index (χ4v) is 2.47. The zero-order chi connectivity index (χ0) is 16.2. The van der Waals surface area contributed by atoms with E-state index in [2.05, 4.69) is 52.8 Å². The molecular weight excluding hydrogens is 256 g/mol. The molecule has 0 spiro atoms. The highest BCUT2D eigenvalue weighted by molar-refractivity contribution is 5.96. The Morgan fingerprint density at radius 1 is 1.24 bits per heavy atom. The molecule has 0 saturated carbocycles. The van der Waals surface area contributed by atoms with E-state index in [1.165, 1.54) is 27.8 Å². The molecule has 0 aliphatic heterocycles. The molecule has 0 amide bonds. The summed E-state index contributed by atoms with van der Waals surface area (Å²) in [5.74, 6) is 0.497. The largest absolute Gasteiger partial charge is 0.404 e. The second-order valence-electron chi connectivity index (χ2n) is 6.14. The lowest BCUT2D eigenvalue weighted by atomic mass is 9.88. The van der Waals surface area contributed by atoms with Crippen LogP contribution < -0.4 is 5.73 Å². The van der Waals surface area contributed by atoms with Gasteiger partial charge in [0.25, 0.3) is 0 Å². The van der Waals surface area contributed by atoms with Gasteiger partial charge in [-0.2, -0.15) is 0 Å². The van der Waals surface area contributed by atoms with Gasteiger partial charge in [-0.25, -0.2) is 0 Å². The maximum atomic E-state index is 7.76. The molecular formula is C19H28N2. The zero-order valence-corrected chi connectivity index (χ0v) is 14.2. The maximum Gasteiger partial charge on any atom is 0.0332 e. The minimum Gasteiger partial charge on any atom is -0.404 e. The van der Waals surface area contributed by atoms with Crippen LogP contribution in [0.1, 0.15) is 63.6 Å². The van der Waals surface area contributed by atoms with Crippen molar-refractivity contribution in [3.63, 3.8) is 0 Å². The van der Waals surface area contributed by atoms with Crippen LogP contribution >= 0.6 is 0 Å². The Hall–Kier alpha value is -1.83. The van der Waals surface area contributed by atoms with Crippen molar-refractivity contribution in [3.8, 4) is 0 Å². The van der Waals surface area contributed by atoms with E-state index in [1.807, 2.05) is 0 Å². The molecule has 1 rings (SSSR count). The van der Waals surface area contributed by atoms with Gasteiger partial charge in [-0.3, -0.25) is 0 Å². The molecule has 0 aromatic heterocycles. The van der Waals surface area contributed by atoms with Crippen LogP contribution in [0, 0.1) is 12.3 Å². The summed E-state index contributed by atoms with van der Waals surface area (Å²) in [5, 5.41) is 7.76. The highest BCUT2D eigenvalue weighted by atomic mass is 14.5. The van der Waals surface area contributed by atoms with Gasteiger partial charge in [0.15, 0.2) is 0 Å². The number of rotatable bonds is 5. The van der Waals surface area contributed by atoms with Crippen molar-refractivity contribution < 1.29 is 0 Å². The fraction of sp³-hybridized carbons (Fsp3) is 0.421. The van der Waals surface area contributed by atoms with Gasteiger partial charge in [-0.15, -0.1) is 0 Å². The van der Waals surface area contributed by atoms with E-state index in [1.54, 1.807) is 13.1 Å². The highest BCUT2D eigenvalue weighted by Gasteiger charge is 2.11. The molecule has 0 heterocycles. The van der Waals surface area contributed by atoms with Gasteiger partial charge >= 0.3 is 0 Å². The Morgan fingerprint density at radius 3 is 2.33 bits per heavy atom. The number of nitrogens with two attached hydrogens (primary N) is 1. The third-order valence-corrected chi connectivity index (χ3v) is 4.01. The first-order valence-corrected chi connectivity index (χ1v) is 7.51. The predicted molar refractivity (Wildman–Crippen MR) is 93.8 cm³/mol. The molecule has 3 N–H and O–H groups in total. The molecule has 114 valence electrons. The number of hydrogen-bond donors (Lipinski definition) is 2. The van der Waals surface area contributed by atoms with Crippen LogP contribution in [0.2, 0.25) is 0 Å². The molecule has 0 aliphatic carbocycles. The minimum absolute atomic E-state index is 0.497. The van der Waals surface area contributed by atoms with Crippen LogP contribution in [-0.2, 0) is 0 Å². The van der Waals surface area contributed by atoms with Gasteiger partial charge in [0.05, 0.1) is 0 Å². The molecule has 2 heteroatoms. The Kier molecular flexibility index (Phi) is 5.95. The van der Waals surface area contributed by atoms with Gasteiger partial charge in [0.1, 0.15) is 0 Å².